The third kappa shape index (κ3) is 5.32. The minimum Gasteiger partial charge on any atom is -0.340 e. The zero-order valence-electron chi connectivity index (χ0n) is 12.6. The fraction of sp³-hybridized carbons (Fsp3) is 0.133. The number of hydrogen-bond acceptors (Lipinski definition) is 6. The molecule has 0 bridgehead atoms. The lowest BCUT2D eigenvalue weighted by atomic mass is 10.2. The van der Waals surface area contributed by atoms with Crippen LogP contribution in [0.2, 0.25) is 10.0 Å². The van der Waals surface area contributed by atoms with Gasteiger partial charge in [-0.1, -0.05) is 47.2 Å². The van der Waals surface area contributed by atoms with Crippen LogP contribution in [0.15, 0.2) is 36.5 Å². The maximum Gasteiger partial charge on any atom is 0.178 e. The minimum atomic E-state index is -0.0929. The summed E-state index contributed by atoms with van der Waals surface area (Å²) in [4.78, 5) is 15.3. The van der Waals surface area contributed by atoms with Gasteiger partial charge in [-0.25, -0.2) is 5.84 Å². The summed E-state index contributed by atoms with van der Waals surface area (Å²) in [5, 5.41) is 5.55. The second kappa shape index (κ2) is 8.64. The van der Waals surface area contributed by atoms with E-state index in [0.717, 1.165) is 0 Å². The first kappa shape index (κ1) is 19.0. The first-order valence-corrected chi connectivity index (χ1v) is 8.90. The Balaban J connectivity index is 1.89. The van der Waals surface area contributed by atoms with Gasteiger partial charge in [-0.2, -0.15) is 0 Å². The van der Waals surface area contributed by atoms with E-state index in [1.54, 1.807) is 36.5 Å². The van der Waals surface area contributed by atoms with E-state index in [2.05, 4.69) is 10.3 Å². The summed E-state index contributed by atoms with van der Waals surface area (Å²) in [5.74, 6) is 6.28. The van der Waals surface area contributed by atoms with Crippen molar-refractivity contribution in [2.75, 3.05) is 16.2 Å². The Morgan fingerprint density at radius 2 is 2.12 bits per heavy atom. The Labute approximate surface area is 159 Å². The van der Waals surface area contributed by atoms with Crippen LogP contribution < -0.4 is 16.2 Å². The number of hydrogen-bond donors (Lipinski definition) is 2. The summed E-state index contributed by atoms with van der Waals surface area (Å²) < 4.78 is 0.517. The molecule has 126 valence electrons. The van der Waals surface area contributed by atoms with Crippen molar-refractivity contribution in [3.63, 3.8) is 0 Å². The number of carbonyl (C=O) groups excluding carboxylic acids is 1. The van der Waals surface area contributed by atoms with Crippen molar-refractivity contribution in [3.05, 3.63) is 52.3 Å². The molecule has 1 heterocycles. The summed E-state index contributed by atoms with van der Waals surface area (Å²) in [5.41, 5.74) is 1.75. The maximum atomic E-state index is 11.2. The number of nitrogens with two attached hydrogens (primary N) is 1. The topological polar surface area (TPSA) is 71.2 Å². The molecule has 0 saturated heterocycles. The molecule has 0 aliphatic heterocycles. The van der Waals surface area contributed by atoms with E-state index in [1.165, 1.54) is 23.7 Å². The van der Waals surface area contributed by atoms with Gasteiger partial charge in [0.2, 0.25) is 0 Å². The molecular weight excluding hydrogens is 387 g/mol. The highest BCUT2D eigenvalue weighted by Gasteiger charge is 2.08. The van der Waals surface area contributed by atoms with Gasteiger partial charge in [-0.15, -0.1) is 0 Å². The van der Waals surface area contributed by atoms with Gasteiger partial charge in [-0.05, 0) is 30.3 Å². The van der Waals surface area contributed by atoms with Crippen molar-refractivity contribution in [3.8, 4) is 0 Å². The Kier molecular flexibility index (Phi) is 6.82. The third-order valence-electron chi connectivity index (χ3n) is 2.94. The number of benzene rings is 1. The number of nitrogens with one attached hydrogen (secondary N) is 1. The van der Waals surface area contributed by atoms with Crippen LogP contribution in [-0.2, 0) is 0 Å². The molecule has 9 heteroatoms. The largest absolute Gasteiger partial charge is 0.340 e. The molecule has 0 spiro atoms. The molecule has 1 aromatic heterocycles. The molecule has 2 rings (SSSR count). The number of carbonyl (C=O) groups is 1. The number of hydrazine groups is 1. The Bertz CT molecular complexity index is 756. The summed E-state index contributed by atoms with van der Waals surface area (Å²) in [7, 11) is 0. The number of Topliss-reactive ketones (excluding diaryl/α,β-unsaturated/α-hetero) is 1. The average Bonchev–Trinajstić information content (AvgIpc) is 2.55. The van der Waals surface area contributed by atoms with Crippen molar-refractivity contribution >= 4 is 68.7 Å². The monoisotopic (exact) mass is 400 g/mol. The van der Waals surface area contributed by atoms with Crippen LogP contribution in [0.5, 0.6) is 0 Å². The minimum absolute atomic E-state index is 0.0929. The Hall–Kier alpha value is -1.38. The van der Waals surface area contributed by atoms with Crippen molar-refractivity contribution < 1.29 is 4.79 Å². The molecule has 0 aliphatic rings. The van der Waals surface area contributed by atoms with E-state index in [9.17, 15) is 4.79 Å². The molecule has 0 radical (unpaired) electrons. The summed E-state index contributed by atoms with van der Waals surface area (Å²) in [6, 6.07) is 8.47. The normalized spacial score (nSPS) is 10.3. The van der Waals surface area contributed by atoms with Gasteiger partial charge in [-0.3, -0.25) is 14.8 Å². The lowest BCUT2D eigenvalue weighted by molar-refractivity contribution is 0.101. The second-order valence-corrected chi connectivity index (χ2v) is 7.20. The number of halogens is 2. The smallest absolute Gasteiger partial charge is 0.178 e. The van der Waals surface area contributed by atoms with Gasteiger partial charge in [0.15, 0.2) is 5.78 Å². The Morgan fingerprint density at radius 1 is 1.38 bits per heavy atom. The van der Waals surface area contributed by atoms with Crippen molar-refractivity contribution in [2.24, 2.45) is 5.84 Å². The molecule has 0 aliphatic carbocycles. The number of ketones is 1. The van der Waals surface area contributed by atoms with E-state index in [1.807, 2.05) is 0 Å². The number of pyridine rings is 1. The van der Waals surface area contributed by atoms with Crippen LogP contribution in [0.1, 0.15) is 17.4 Å². The van der Waals surface area contributed by atoms with Gasteiger partial charge in [0.25, 0.3) is 0 Å². The lowest BCUT2D eigenvalue weighted by Gasteiger charge is -2.18. The van der Waals surface area contributed by atoms with Crippen LogP contribution in [0, 0.1) is 0 Å². The molecule has 0 saturated carbocycles. The predicted octanol–water partition coefficient (Wildman–Crippen LogP) is 4.36. The van der Waals surface area contributed by atoms with E-state index in [-0.39, 0.29) is 5.78 Å². The molecular formula is C15H14Cl2N4OS2. The number of aromatic nitrogens is 1. The molecule has 3 N–H and O–H groups in total. The SMILES string of the molecule is CC(=O)c1ccc(N(N)CSC(=S)Nc2ccc(Cl)cc2Cl)cn1. The predicted molar refractivity (Wildman–Crippen MR) is 106 cm³/mol. The highest BCUT2D eigenvalue weighted by atomic mass is 35.5. The van der Waals surface area contributed by atoms with Crippen LogP contribution >= 0.6 is 47.2 Å². The molecule has 0 fully saturated rings. The molecule has 0 atom stereocenters. The van der Waals surface area contributed by atoms with Gasteiger partial charge < -0.3 is 5.32 Å². The molecule has 5 nitrogen and oxygen atoms in total. The van der Waals surface area contributed by atoms with Crippen LogP contribution in [0.4, 0.5) is 11.4 Å². The molecule has 0 unspecified atom stereocenters. The van der Waals surface area contributed by atoms with Gasteiger partial charge >= 0.3 is 0 Å². The molecule has 2 aromatic rings. The fourth-order valence-corrected chi connectivity index (χ4v) is 3.02. The van der Waals surface area contributed by atoms with Gasteiger partial charge in [0.1, 0.15) is 10.0 Å². The second-order valence-electron chi connectivity index (χ2n) is 4.74. The first-order valence-electron chi connectivity index (χ1n) is 6.75. The standard InChI is InChI=1S/C15H14Cl2N4OS2/c1-9(22)13-5-3-11(7-19-13)21(18)8-24-15(23)20-14-4-2-10(16)6-12(14)17/h2-7H,8,18H2,1H3,(H,20,23). The Morgan fingerprint density at radius 3 is 2.71 bits per heavy atom. The molecule has 24 heavy (non-hydrogen) atoms. The third-order valence-corrected chi connectivity index (χ3v) is 4.72. The lowest BCUT2D eigenvalue weighted by Crippen LogP contribution is -2.31. The number of thiocarbonyl (C=S) groups is 1. The zero-order valence-corrected chi connectivity index (χ0v) is 15.8. The number of nitrogens with zero attached hydrogens (tertiary/aromatic N) is 2. The van der Waals surface area contributed by atoms with Crippen LogP contribution in [0.3, 0.4) is 0 Å². The summed E-state index contributed by atoms with van der Waals surface area (Å²) in [6.07, 6.45) is 1.55. The average molecular weight is 401 g/mol. The van der Waals surface area contributed by atoms with Crippen LogP contribution in [-0.4, -0.2) is 21.0 Å². The first-order chi connectivity index (χ1) is 11.4. The quantitative estimate of drug-likeness (QED) is 0.254. The van der Waals surface area contributed by atoms with Gasteiger partial charge in [0, 0.05) is 11.9 Å². The molecule has 0 amide bonds. The highest BCUT2D eigenvalue weighted by Crippen LogP contribution is 2.26. The number of rotatable bonds is 5. The van der Waals surface area contributed by atoms with E-state index in [4.69, 9.17) is 41.3 Å². The van der Waals surface area contributed by atoms with E-state index in [0.29, 0.717) is 37.3 Å². The van der Waals surface area contributed by atoms with Crippen LogP contribution in [0.25, 0.3) is 0 Å². The summed E-state index contributed by atoms with van der Waals surface area (Å²) in [6.45, 7) is 1.46. The van der Waals surface area contributed by atoms with Crippen molar-refractivity contribution in [2.45, 2.75) is 6.92 Å². The maximum absolute atomic E-state index is 11.2. The van der Waals surface area contributed by atoms with Gasteiger partial charge in [0.05, 0.1) is 28.5 Å². The highest BCUT2D eigenvalue weighted by molar-refractivity contribution is 8.23. The molecule has 1 aromatic carbocycles. The number of anilines is 2. The van der Waals surface area contributed by atoms with Crippen molar-refractivity contribution in [1.82, 2.24) is 4.98 Å². The fourth-order valence-electron chi connectivity index (χ4n) is 1.70. The number of thioether (sulfide) groups is 1. The van der Waals surface area contributed by atoms with E-state index < -0.39 is 0 Å². The zero-order chi connectivity index (χ0) is 17.7. The van der Waals surface area contributed by atoms with E-state index >= 15 is 0 Å². The summed E-state index contributed by atoms with van der Waals surface area (Å²) >= 11 is 18.5. The van der Waals surface area contributed by atoms with Crippen molar-refractivity contribution in [1.29, 1.82) is 0 Å².